The van der Waals surface area contributed by atoms with Gasteiger partial charge in [0.05, 0.1) is 0 Å². The van der Waals surface area contributed by atoms with Gasteiger partial charge in [-0.25, -0.2) is 0 Å². The normalized spacial score (nSPS) is 10.7. The van der Waals surface area contributed by atoms with Gasteiger partial charge < -0.3 is 15.8 Å². The number of nitrogen functional groups attached to an aromatic ring is 1. The van der Waals surface area contributed by atoms with Crippen LogP contribution in [0.3, 0.4) is 0 Å². The van der Waals surface area contributed by atoms with Crippen LogP contribution < -0.4 is 5.73 Å². The van der Waals surface area contributed by atoms with Crippen molar-refractivity contribution in [2.45, 2.75) is 0 Å². The molecule has 0 saturated heterocycles. The number of imidazole rings is 1. The molecule has 19 heavy (non-hydrogen) atoms. The van der Waals surface area contributed by atoms with Gasteiger partial charge in [0.15, 0.2) is 5.52 Å². The molecular weight excluding hydrogens is 244 g/mol. The Kier molecular flexibility index (Phi) is 2.42. The molecule has 0 fully saturated rings. The summed E-state index contributed by atoms with van der Waals surface area (Å²) >= 11 is 0. The van der Waals surface area contributed by atoms with Crippen molar-refractivity contribution < 1.29 is 4.92 Å². The zero-order valence-electron chi connectivity index (χ0n) is 9.85. The summed E-state index contributed by atoms with van der Waals surface area (Å²) in [6, 6.07) is 10.9. The van der Waals surface area contributed by atoms with E-state index in [1.165, 1.54) is 6.33 Å². The quantitative estimate of drug-likeness (QED) is 0.432. The van der Waals surface area contributed by atoms with E-state index in [-0.39, 0.29) is 5.82 Å². The predicted octanol–water partition coefficient (Wildman–Crippen LogP) is 2.49. The fraction of sp³-hybridized carbons (Fsp3) is 0. The van der Waals surface area contributed by atoms with E-state index in [0.29, 0.717) is 11.2 Å². The maximum atomic E-state index is 11.0. The molecule has 0 bridgehead atoms. The number of hydrogen-bond donors (Lipinski definition) is 1. The molecule has 1 aromatic carbocycles. The number of nitrogens with zero attached hydrogens (tertiary/aromatic N) is 3. The molecule has 2 N–H and O–H groups in total. The Morgan fingerprint density at radius 3 is 2.63 bits per heavy atom. The van der Waals surface area contributed by atoms with Crippen molar-refractivity contribution in [2.24, 2.45) is 0 Å². The van der Waals surface area contributed by atoms with Crippen LogP contribution >= 0.6 is 0 Å². The molecular formula is C13H10N4O2. The highest BCUT2D eigenvalue weighted by Crippen LogP contribution is 2.30. The Morgan fingerprint density at radius 1 is 1.21 bits per heavy atom. The van der Waals surface area contributed by atoms with Crippen LogP contribution in [0.15, 0.2) is 48.9 Å². The second-order valence-electron chi connectivity index (χ2n) is 4.13. The van der Waals surface area contributed by atoms with Gasteiger partial charge in [0, 0.05) is 17.4 Å². The highest BCUT2D eigenvalue weighted by molar-refractivity contribution is 5.86. The number of rotatable bonds is 2. The van der Waals surface area contributed by atoms with Crippen molar-refractivity contribution in [3.63, 3.8) is 0 Å². The lowest BCUT2D eigenvalue weighted by molar-refractivity contribution is -0.387. The summed E-state index contributed by atoms with van der Waals surface area (Å²) in [5, 5.41) is 11.0. The van der Waals surface area contributed by atoms with Gasteiger partial charge in [0.2, 0.25) is 6.33 Å². The molecule has 2 aromatic heterocycles. The maximum Gasteiger partial charge on any atom is 0.390 e. The van der Waals surface area contributed by atoms with Crippen molar-refractivity contribution in [3.05, 3.63) is 59.0 Å². The number of nitro groups is 1. The topological polar surface area (TPSA) is 86.5 Å². The van der Waals surface area contributed by atoms with Crippen molar-refractivity contribution in [1.29, 1.82) is 0 Å². The molecule has 0 spiro atoms. The molecule has 0 amide bonds. The second-order valence-corrected chi connectivity index (χ2v) is 4.13. The zero-order valence-corrected chi connectivity index (χ0v) is 9.85. The van der Waals surface area contributed by atoms with Crippen LogP contribution in [-0.4, -0.2) is 14.3 Å². The van der Waals surface area contributed by atoms with E-state index in [1.54, 1.807) is 22.7 Å². The number of hydrogen-bond acceptors (Lipinski definition) is 4. The zero-order chi connectivity index (χ0) is 13.4. The lowest BCUT2D eigenvalue weighted by Gasteiger charge is -2.04. The SMILES string of the molecule is Nc1ccc(-c2cccn3cnc([N+](=O)[O-])c23)cc1. The van der Waals surface area contributed by atoms with Crippen LogP contribution in [0, 0.1) is 10.1 Å². The molecule has 0 radical (unpaired) electrons. The summed E-state index contributed by atoms with van der Waals surface area (Å²) in [6.07, 6.45) is 3.17. The van der Waals surface area contributed by atoms with Gasteiger partial charge in [-0.2, -0.15) is 0 Å². The Hall–Kier alpha value is -2.89. The Bertz CT molecular complexity index is 762. The smallest absolute Gasteiger partial charge is 0.390 e. The van der Waals surface area contributed by atoms with Gasteiger partial charge in [-0.15, -0.1) is 0 Å². The Labute approximate surface area is 108 Å². The number of anilines is 1. The molecule has 94 valence electrons. The predicted molar refractivity (Wildman–Crippen MR) is 71.7 cm³/mol. The van der Waals surface area contributed by atoms with Crippen molar-refractivity contribution in [3.8, 4) is 11.1 Å². The van der Waals surface area contributed by atoms with E-state index in [0.717, 1.165) is 11.1 Å². The van der Waals surface area contributed by atoms with Gasteiger partial charge in [0.1, 0.15) is 0 Å². The molecule has 0 aliphatic carbocycles. The third-order valence-electron chi connectivity index (χ3n) is 2.93. The molecule has 0 atom stereocenters. The highest BCUT2D eigenvalue weighted by atomic mass is 16.6. The van der Waals surface area contributed by atoms with Gasteiger partial charge in [0.25, 0.3) is 0 Å². The summed E-state index contributed by atoms with van der Waals surface area (Å²) in [6.45, 7) is 0. The lowest BCUT2D eigenvalue weighted by atomic mass is 10.1. The highest BCUT2D eigenvalue weighted by Gasteiger charge is 2.19. The summed E-state index contributed by atoms with van der Waals surface area (Å²) in [7, 11) is 0. The van der Waals surface area contributed by atoms with Gasteiger partial charge in [-0.3, -0.25) is 4.40 Å². The molecule has 3 rings (SSSR count). The monoisotopic (exact) mass is 254 g/mol. The molecule has 0 aliphatic rings. The summed E-state index contributed by atoms with van der Waals surface area (Å²) in [4.78, 5) is 14.4. The third-order valence-corrected chi connectivity index (χ3v) is 2.93. The molecule has 3 aromatic rings. The first-order valence-electron chi connectivity index (χ1n) is 5.63. The van der Waals surface area contributed by atoms with Gasteiger partial charge in [-0.1, -0.05) is 18.2 Å². The molecule has 6 nitrogen and oxygen atoms in total. The number of benzene rings is 1. The summed E-state index contributed by atoms with van der Waals surface area (Å²) in [5.74, 6) is -0.146. The third kappa shape index (κ3) is 1.79. The Balaban J connectivity index is 2.31. The number of pyridine rings is 1. The van der Waals surface area contributed by atoms with Crippen LogP contribution in [0.4, 0.5) is 11.5 Å². The first-order valence-corrected chi connectivity index (χ1v) is 5.63. The Morgan fingerprint density at radius 2 is 1.95 bits per heavy atom. The minimum atomic E-state index is -0.476. The first kappa shape index (κ1) is 11.2. The molecule has 0 unspecified atom stereocenters. The minimum Gasteiger partial charge on any atom is -0.399 e. The maximum absolute atomic E-state index is 11.0. The van der Waals surface area contributed by atoms with Crippen LogP contribution in [-0.2, 0) is 0 Å². The van der Waals surface area contributed by atoms with Crippen LogP contribution in [0.2, 0.25) is 0 Å². The average Bonchev–Trinajstić information content (AvgIpc) is 2.83. The van der Waals surface area contributed by atoms with Crippen molar-refractivity contribution >= 4 is 17.0 Å². The average molecular weight is 254 g/mol. The van der Waals surface area contributed by atoms with Crippen LogP contribution in [0.1, 0.15) is 0 Å². The van der Waals surface area contributed by atoms with Crippen molar-refractivity contribution in [2.75, 3.05) is 5.73 Å². The minimum absolute atomic E-state index is 0.146. The van der Waals surface area contributed by atoms with Gasteiger partial charge >= 0.3 is 5.82 Å². The van der Waals surface area contributed by atoms with Crippen molar-refractivity contribution in [1.82, 2.24) is 9.38 Å². The lowest BCUT2D eigenvalue weighted by Crippen LogP contribution is -1.92. The molecule has 0 saturated carbocycles. The summed E-state index contributed by atoms with van der Waals surface area (Å²) in [5.41, 5.74) is 8.41. The largest absolute Gasteiger partial charge is 0.399 e. The number of fused-ring (bicyclic) bond motifs is 1. The van der Waals surface area contributed by atoms with Crippen LogP contribution in [0.25, 0.3) is 16.6 Å². The number of aromatic nitrogens is 2. The van der Waals surface area contributed by atoms with E-state index in [4.69, 9.17) is 5.73 Å². The second kappa shape index (κ2) is 4.09. The van der Waals surface area contributed by atoms with E-state index in [2.05, 4.69) is 4.98 Å². The van der Waals surface area contributed by atoms with Crippen LogP contribution in [0.5, 0.6) is 0 Å². The first-order chi connectivity index (χ1) is 9.16. The standard InChI is InChI=1S/C13H10N4O2/c14-10-5-3-9(4-6-10)11-2-1-7-16-8-15-13(12(11)16)17(18)19/h1-8H,14H2. The van der Waals surface area contributed by atoms with E-state index >= 15 is 0 Å². The van der Waals surface area contributed by atoms with E-state index in [1.807, 2.05) is 24.3 Å². The molecule has 6 heteroatoms. The van der Waals surface area contributed by atoms with E-state index < -0.39 is 4.92 Å². The van der Waals surface area contributed by atoms with E-state index in [9.17, 15) is 10.1 Å². The molecule has 2 heterocycles. The molecule has 0 aliphatic heterocycles. The summed E-state index contributed by atoms with van der Waals surface area (Å²) < 4.78 is 1.64. The number of nitrogens with two attached hydrogens (primary N) is 1. The van der Waals surface area contributed by atoms with Gasteiger partial charge in [-0.05, 0) is 33.7 Å². The fourth-order valence-corrected chi connectivity index (χ4v) is 2.06. The fourth-order valence-electron chi connectivity index (χ4n) is 2.06.